The molecule has 2 aromatic rings. The number of ether oxygens (including phenoxy) is 1. The van der Waals surface area contributed by atoms with Crippen LogP contribution in [0.2, 0.25) is 0 Å². The fourth-order valence-corrected chi connectivity index (χ4v) is 2.37. The molecule has 2 rings (SSSR count). The summed E-state index contributed by atoms with van der Waals surface area (Å²) in [6, 6.07) is 18.4. The standard InChI is InChI=1S/C20H25NO2/c1-4-16(2)21(3)20(22)15-23-19-13-9-8-12-18(19)14-17-10-6-5-7-11-17/h5-13,16H,4,14-15H2,1-3H3. The summed E-state index contributed by atoms with van der Waals surface area (Å²) in [5.74, 6) is 0.788. The van der Waals surface area contributed by atoms with Gasteiger partial charge >= 0.3 is 0 Å². The van der Waals surface area contributed by atoms with Crippen molar-refractivity contribution in [3.05, 3.63) is 65.7 Å². The van der Waals surface area contributed by atoms with E-state index in [1.54, 1.807) is 4.90 Å². The van der Waals surface area contributed by atoms with Crippen LogP contribution in [0, 0.1) is 0 Å². The van der Waals surface area contributed by atoms with E-state index in [2.05, 4.69) is 19.1 Å². The SMILES string of the molecule is CCC(C)N(C)C(=O)COc1ccccc1Cc1ccccc1. The van der Waals surface area contributed by atoms with Gasteiger partial charge in [0.25, 0.3) is 5.91 Å². The highest BCUT2D eigenvalue weighted by atomic mass is 16.5. The minimum atomic E-state index is 0.00821. The second-order valence-corrected chi connectivity index (χ2v) is 5.82. The van der Waals surface area contributed by atoms with Crippen LogP contribution >= 0.6 is 0 Å². The van der Waals surface area contributed by atoms with Crippen LogP contribution < -0.4 is 4.74 Å². The molecule has 0 heterocycles. The summed E-state index contributed by atoms with van der Waals surface area (Å²) < 4.78 is 5.80. The van der Waals surface area contributed by atoms with E-state index < -0.39 is 0 Å². The quantitative estimate of drug-likeness (QED) is 0.776. The largest absolute Gasteiger partial charge is 0.483 e. The van der Waals surface area contributed by atoms with Gasteiger partial charge in [-0.05, 0) is 30.5 Å². The van der Waals surface area contributed by atoms with Gasteiger partial charge in [0.05, 0.1) is 0 Å². The van der Waals surface area contributed by atoms with Crippen LogP contribution in [0.3, 0.4) is 0 Å². The van der Waals surface area contributed by atoms with Crippen LogP contribution in [0.15, 0.2) is 54.6 Å². The lowest BCUT2D eigenvalue weighted by atomic mass is 10.0. The molecule has 0 radical (unpaired) electrons. The number of carbonyl (C=O) groups is 1. The number of nitrogens with zero attached hydrogens (tertiary/aromatic N) is 1. The van der Waals surface area contributed by atoms with Crippen molar-refractivity contribution in [3.63, 3.8) is 0 Å². The molecule has 1 atom stereocenters. The third kappa shape index (κ3) is 4.85. The monoisotopic (exact) mass is 311 g/mol. The number of hydrogen-bond acceptors (Lipinski definition) is 2. The maximum Gasteiger partial charge on any atom is 0.260 e. The van der Waals surface area contributed by atoms with Gasteiger partial charge in [-0.15, -0.1) is 0 Å². The van der Waals surface area contributed by atoms with E-state index in [9.17, 15) is 4.79 Å². The van der Waals surface area contributed by atoms with Crippen molar-refractivity contribution in [2.45, 2.75) is 32.7 Å². The first kappa shape index (κ1) is 17.1. The van der Waals surface area contributed by atoms with Gasteiger partial charge in [0.1, 0.15) is 5.75 Å². The summed E-state index contributed by atoms with van der Waals surface area (Å²) in [4.78, 5) is 13.9. The summed E-state index contributed by atoms with van der Waals surface area (Å²) in [6.45, 7) is 4.19. The molecule has 0 aromatic heterocycles. The van der Waals surface area contributed by atoms with Crippen LogP contribution in [0.4, 0.5) is 0 Å². The topological polar surface area (TPSA) is 29.5 Å². The van der Waals surface area contributed by atoms with E-state index in [1.807, 2.05) is 56.4 Å². The van der Waals surface area contributed by atoms with Crippen LogP contribution in [0.5, 0.6) is 5.75 Å². The summed E-state index contributed by atoms with van der Waals surface area (Å²) in [6.07, 6.45) is 1.74. The molecule has 3 nitrogen and oxygen atoms in total. The number of benzene rings is 2. The number of rotatable bonds is 7. The van der Waals surface area contributed by atoms with Crippen LogP contribution in [-0.4, -0.2) is 30.5 Å². The Balaban J connectivity index is 2.02. The van der Waals surface area contributed by atoms with Gasteiger partial charge in [0.15, 0.2) is 6.61 Å². The summed E-state index contributed by atoms with van der Waals surface area (Å²) in [5, 5.41) is 0. The molecule has 1 unspecified atom stereocenters. The Morgan fingerprint density at radius 2 is 1.74 bits per heavy atom. The van der Waals surface area contributed by atoms with Crippen LogP contribution in [-0.2, 0) is 11.2 Å². The third-order valence-electron chi connectivity index (χ3n) is 4.21. The first-order valence-electron chi connectivity index (χ1n) is 8.12. The second kappa shape index (κ2) is 8.37. The fourth-order valence-electron chi connectivity index (χ4n) is 2.37. The van der Waals surface area contributed by atoms with Gasteiger partial charge in [-0.1, -0.05) is 55.5 Å². The van der Waals surface area contributed by atoms with Gasteiger partial charge in [0, 0.05) is 19.5 Å². The molecule has 0 saturated heterocycles. The van der Waals surface area contributed by atoms with E-state index in [0.717, 1.165) is 24.2 Å². The van der Waals surface area contributed by atoms with Crippen molar-refractivity contribution in [2.24, 2.45) is 0 Å². The molecule has 0 saturated carbocycles. The van der Waals surface area contributed by atoms with Gasteiger partial charge in [-0.3, -0.25) is 4.79 Å². The highest BCUT2D eigenvalue weighted by molar-refractivity contribution is 5.77. The average molecular weight is 311 g/mol. The maximum atomic E-state index is 12.2. The van der Waals surface area contributed by atoms with E-state index in [4.69, 9.17) is 4.74 Å². The zero-order valence-corrected chi connectivity index (χ0v) is 14.2. The Labute approximate surface area is 138 Å². The molecule has 0 N–H and O–H groups in total. The number of hydrogen-bond donors (Lipinski definition) is 0. The zero-order valence-electron chi connectivity index (χ0n) is 14.2. The Kier molecular flexibility index (Phi) is 6.21. The Morgan fingerprint density at radius 3 is 2.43 bits per heavy atom. The number of amides is 1. The van der Waals surface area contributed by atoms with E-state index >= 15 is 0 Å². The minimum Gasteiger partial charge on any atom is -0.483 e. The molecular formula is C20H25NO2. The lowest BCUT2D eigenvalue weighted by molar-refractivity contribution is -0.133. The maximum absolute atomic E-state index is 12.2. The van der Waals surface area contributed by atoms with Crippen molar-refractivity contribution in [3.8, 4) is 5.75 Å². The highest BCUT2D eigenvalue weighted by Crippen LogP contribution is 2.21. The molecule has 0 fully saturated rings. The first-order chi connectivity index (χ1) is 11.1. The number of carbonyl (C=O) groups excluding carboxylic acids is 1. The highest BCUT2D eigenvalue weighted by Gasteiger charge is 2.15. The number of likely N-dealkylation sites (N-methyl/N-ethyl adjacent to an activating group) is 1. The Hall–Kier alpha value is -2.29. The number of para-hydroxylation sites is 1. The van der Waals surface area contributed by atoms with E-state index in [-0.39, 0.29) is 18.6 Å². The molecule has 23 heavy (non-hydrogen) atoms. The van der Waals surface area contributed by atoms with Gasteiger partial charge in [0.2, 0.25) is 0 Å². The molecule has 0 aliphatic heterocycles. The summed E-state index contributed by atoms with van der Waals surface area (Å²) in [7, 11) is 1.83. The summed E-state index contributed by atoms with van der Waals surface area (Å²) in [5.41, 5.74) is 2.32. The lowest BCUT2D eigenvalue weighted by Gasteiger charge is -2.24. The van der Waals surface area contributed by atoms with Gasteiger partial charge < -0.3 is 9.64 Å². The fraction of sp³-hybridized carbons (Fsp3) is 0.350. The molecule has 2 aromatic carbocycles. The molecule has 3 heteroatoms. The van der Waals surface area contributed by atoms with E-state index in [0.29, 0.717) is 0 Å². The van der Waals surface area contributed by atoms with Crippen molar-refractivity contribution < 1.29 is 9.53 Å². The first-order valence-corrected chi connectivity index (χ1v) is 8.12. The molecule has 0 bridgehead atoms. The van der Waals surface area contributed by atoms with Gasteiger partial charge in [-0.2, -0.15) is 0 Å². The van der Waals surface area contributed by atoms with Crippen molar-refractivity contribution >= 4 is 5.91 Å². The van der Waals surface area contributed by atoms with Gasteiger partial charge in [-0.25, -0.2) is 0 Å². The zero-order chi connectivity index (χ0) is 16.7. The summed E-state index contributed by atoms with van der Waals surface area (Å²) >= 11 is 0. The molecule has 0 aliphatic carbocycles. The predicted molar refractivity (Wildman–Crippen MR) is 93.7 cm³/mol. The average Bonchev–Trinajstić information content (AvgIpc) is 2.60. The Morgan fingerprint density at radius 1 is 1.09 bits per heavy atom. The molecule has 0 aliphatic rings. The van der Waals surface area contributed by atoms with Crippen LogP contribution in [0.1, 0.15) is 31.4 Å². The van der Waals surface area contributed by atoms with Crippen molar-refractivity contribution in [2.75, 3.05) is 13.7 Å². The lowest BCUT2D eigenvalue weighted by Crippen LogP contribution is -2.37. The third-order valence-corrected chi connectivity index (χ3v) is 4.21. The molecule has 122 valence electrons. The van der Waals surface area contributed by atoms with Crippen LogP contribution in [0.25, 0.3) is 0 Å². The van der Waals surface area contributed by atoms with Crippen molar-refractivity contribution in [1.29, 1.82) is 0 Å². The molecule has 1 amide bonds. The minimum absolute atomic E-state index is 0.00821. The molecule has 0 spiro atoms. The van der Waals surface area contributed by atoms with E-state index in [1.165, 1.54) is 5.56 Å². The second-order valence-electron chi connectivity index (χ2n) is 5.82. The molecular weight excluding hydrogens is 286 g/mol. The smallest absolute Gasteiger partial charge is 0.260 e. The predicted octanol–water partition coefficient (Wildman–Crippen LogP) is 3.91. The normalized spacial score (nSPS) is 11.8. The Bertz CT molecular complexity index is 625. The van der Waals surface area contributed by atoms with Crippen molar-refractivity contribution in [1.82, 2.24) is 4.90 Å².